The van der Waals surface area contributed by atoms with Gasteiger partial charge in [-0.3, -0.25) is 10.1 Å². The fraction of sp³-hybridized carbons (Fsp3) is 0.200. The van der Waals surface area contributed by atoms with E-state index in [1.165, 1.54) is 0 Å². The quantitative estimate of drug-likeness (QED) is 0.738. The molecule has 1 amide bonds. The molecule has 1 unspecified atom stereocenters. The number of amides is 1. The van der Waals surface area contributed by atoms with Gasteiger partial charge in [0.2, 0.25) is 5.91 Å². The summed E-state index contributed by atoms with van der Waals surface area (Å²) in [6.45, 7) is 1.85. The Kier molecular flexibility index (Phi) is 5.14. The van der Waals surface area contributed by atoms with Gasteiger partial charge in [0.15, 0.2) is 0 Å². The average Bonchev–Trinajstić information content (AvgIpc) is 3.09. The van der Waals surface area contributed by atoms with Crippen molar-refractivity contribution in [3.63, 3.8) is 0 Å². The third kappa shape index (κ3) is 4.07. The maximum atomic E-state index is 12.3. The Bertz CT molecular complexity index is 843. The number of hydrogen-bond acceptors (Lipinski definition) is 4. The zero-order valence-electron chi connectivity index (χ0n) is 14.2. The number of anilines is 1. The topological polar surface area (TPSA) is 64.4 Å². The second-order valence-electron chi connectivity index (χ2n) is 5.74. The maximum Gasteiger partial charge on any atom is 0.301 e. The summed E-state index contributed by atoms with van der Waals surface area (Å²) in [7, 11) is 1.63. The molecule has 1 heterocycles. The lowest BCUT2D eigenvalue weighted by molar-refractivity contribution is -0.117. The minimum absolute atomic E-state index is 0.156. The predicted octanol–water partition coefficient (Wildman–Crippen LogP) is 4.02. The van der Waals surface area contributed by atoms with Gasteiger partial charge in [-0.1, -0.05) is 48.5 Å². The Morgan fingerprint density at radius 1 is 1.16 bits per heavy atom. The first kappa shape index (κ1) is 16.8. The monoisotopic (exact) mass is 336 g/mol. The van der Waals surface area contributed by atoms with Gasteiger partial charge in [0.25, 0.3) is 0 Å². The predicted molar refractivity (Wildman–Crippen MR) is 95.8 cm³/mol. The summed E-state index contributed by atoms with van der Waals surface area (Å²) >= 11 is 0. The standard InChI is InChI=1S/C20H20N2O3/c1-14(15-8-4-3-5-9-15)19(23)22-20-21-13-17(25-20)12-16-10-6-7-11-18(16)24-2/h3-11,13-14H,12H2,1-2H3,(H,21,22,23). The SMILES string of the molecule is COc1ccccc1Cc1cnc(NC(=O)C(C)c2ccccc2)o1. The highest BCUT2D eigenvalue weighted by atomic mass is 16.5. The van der Waals surface area contributed by atoms with Crippen LogP contribution in [0.1, 0.15) is 29.7 Å². The zero-order valence-corrected chi connectivity index (χ0v) is 14.2. The van der Waals surface area contributed by atoms with Gasteiger partial charge in [-0.25, -0.2) is 4.98 Å². The lowest BCUT2D eigenvalue weighted by Gasteiger charge is -2.10. The molecule has 0 radical (unpaired) electrons. The van der Waals surface area contributed by atoms with Crippen LogP contribution >= 0.6 is 0 Å². The van der Waals surface area contributed by atoms with Gasteiger partial charge in [0, 0.05) is 12.0 Å². The molecule has 1 aromatic heterocycles. The van der Waals surface area contributed by atoms with Gasteiger partial charge in [-0.15, -0.1) is 0 Å². The minimum atomic E-state index is -0.286. The molecule has 0 saturated carbocycles. The van der Waals surface area contributed by atoms with E-state index >= 15 is 0 Å². The van der Waals surface area contributed by atoms with E-state index in [1.807, 2.05) is 61.5 Å². The zero-order chi connectivity index (χ0) is 17.6. The summed E-state index contributed by atoms with van der Waals surface area (Å²) in [6.07, 6.45) is 2.16. The van der Waals surface area contributed by atoms with Crippen LogP contribution in [-0.2, 0) is 11.2 Å². The fourth-order valence-electron chi connectivity index (χ4n) is 2.59. The van der Waals surface area contributed by atoms with E-state index in [4.69, 9.17) is 9.15 Å². The van der Waals surface area contributed by atoms with E-state index < -0.39 is 0 Å². The van der Waals surface area contributed by atoms with Crippen LogP contribution in [0.5, 0.6) is 5.75 Å². The Morgan fingerprint density at radius 2 is 1.88 bits per heavy atom. The number of para-hydroxylation sites is 1. The molecule has 0 fully saturated rings. The molecule has 0 aliphatic rings. The van der Waals surface area contributed by atoms with Crippen molar-refractivity contribution in [1.82, 2.24) is 4.98 Å². The molecule has 1 N–H and O–H groups in total. The number of nitrogens with zero attached hydrogens (tertiary/aromatic N) is 1. The fourth-order valence-corrected chi connectivity index (χ4v) is 2.59. The van der Waals surface area contributed by atoms with Gasteiger partial charge in [0.1, 0.15) is 11.5 Å². The number of carbonyl (C=O) groups excluding carboxylic acids is 1. The second-order valence-corrected chi connectivity index (χ2v) is 5.74. The molecule has 2 aromatic carbocycles. The van der Waals surface area contributed by atoms with E-state index in [9.17, 15) is 4.79 Å². The lowest BCUT2D eigenvalue weighted by atomic mass is 10.0. The van der Waals surface area contributed by atoms with E-state index in [2.05, 4.69) is 10.3 Å². The summed E-state index contributed by atoms with van der Waals surface area (Å²) in [5.41, 5.74) is 1.94. The molecular weight excluding hydrogens is 316 g/mol. The Morgan fingerprint density at radius 3 is 2.64 bits per heavy atom. The van der Waals surface area contributed by atoms with Crippen molar-refractivity contribution >= 4 is 11.9 Å². The highest BCUT2D eigenvalue weighted by Crippen LogP contribution is 2.23. The number of ether oxygens (including phenoxy) is 1. The number of methoxy groups -OCH3 is 1. The molecule has 5 nitrogen and oxygen atoms in total. The van der Waals surface area contributed by atoms with Crippen LogP contribution in [-0.4, -0.2) is 18.0 Å². The van der Waals surface area contributed by atoms with Gasteiger partial charge >= 0.3 is 6.01 Å². The Labute approximate surface area is 146 Å². The molecule has 1 atom stereocenters. The van der Waals surface area contributed by atoms with Gasteiger partial charge < -0.3 is 9.15 Å². The van der Waals surface area contributed by atoms with Crippen molar-refractivity contribution < 1.29 is 13.9 Å². The molecule has 3 aromatic rings. The normalized spacial score (nSPS) is 11.8. The maximum absolute atomic E-state index is 12.3. The third-order valence-corrected chi connectivity index (χ3v) is 4.03. The molecule has 5 heteroatoms. The van der Waals surface area contributed by atoms with Gasteiger partial charge in [0.05, 0.1) is 19.2 Å². The van der Waals surface area contributed by atoms with Gasteiger partial charge in [-0.05, 0) is 18.6 Å². The number of nitrogens with one attached hydrogen (secondary N) is 1. The molecule has 0 spiro atoms. The smallest absolute Gasteiger partial charge is 0.301 e. The van der Waals surface area contributed by atoms with E-state index in [0.29, 0.717) is 12.2 Å². The van der Waals surface area contributed by atoms with Crippen molar-refractivity contribution in [2.45, 2.75) is 19.3 Å². The van der Waals surface area contributed by atoms with Crippen molar-refractivity contribution in [1.29, 1.82) is 0 Å². The van der Waals surface area contributed by atoms with Crippen LogP contribution in [0.3, 0.4) is 0 Å². The molecule has 0 aliphatic carbocycles. The third-order valence-electron chi connectivity index (χ3n) is 4.03. The van der Waals surface area contributed by atoms with Crippen LogP contribution < -0.4 is 10.1 Å². The number of rotatable bonds is 6. The largest absolute Gasteiger partial charge is 0.496 e. The summed E-state index contributed by atoms with van der Waals surface area (Å²) < 4.78 is 11.0. The molecule has 0 saturated heterocycles. The number of benzene rings is 2. The summed E-state index contributed by atoms with van der Waals surface area (Å²) in [5.74, 6) is 1.01. The van der Waals surface area contributed by atoms with Crippen LogP contribution in [0.4, 0.5) is 6.01 Å². The number of oxazole rings is 1. The highest BCUT2D eigenvalue weighted by molar-refractivity contribution is 5.93. The Hall–Kier alpha value is -3.08. The first-order valence-corrected chi connectivity index (χ1v) is 8.10. The van der Waals surface area contributed by atoms with Crippen LogP contribution in [0.25, 0.3) is 0 Å². The summed E-state index contributed by atoms with van der Waals surface area (Å²) in [5, 5.41) is 2.73. The van der Waals surface area contributed by atoms with Crippen LogP contribution in [0.2, 0.25) is 0 Å². The number of aromatic nitrogens is 1. The van der Waals surface area contributed by atoms with E-state index in [-0.39, 0.29) is 17.8 Å². The Balaban J connectivity index is 1.66. The summed E-state index contributed by atoms with van der Waals surface area (Å²) in [4.78, 5) is 16.5. The molecule has 0 aliphatic heterocycles. The first-order chi connectivity index (χ1) is 12.2. The first-order valence-electron chi connectivity index (χ1n) is 8.10. The molecule has 128 valence electrons. The van der Waals surface area contributed by atoms with Crippen molar-refractivity contribution in [3.8, 4) is 5.75 Å². The highest BCUT2D eigenvalue weighted by Gasteiger charge is 2.17. The van der Waals surface area contributed by atoms with E-state index in [0.717, 1.165) is 16.9 Å². The van der Waals surface area contributed by atoms with Crippen molar-refractivity contribution in [3.05, 3.63) is 77.7 Å². The molecule has 0 bridgehead atoms. The van der Waals surface area contributed by atoms with Crippen LogP contribution in [0, 0.1) is 0 Å². The van der Waals surface area contributed by atoms with Crippen molar-refractivity contribution in [2.24, 2.45) is 0 Å². The number of hydrogen-bond donors (Lipinski definition) is 1. The molecular formula is C20H20N2O3. The molecule has 25 heavy (non-hydrogen) atoms. The summed E-state index contributed by atoms with van der Waals surface area (Å²) in [6, 6.07) is 17.5. The van der Waals surface area contributed by atoms with Gasteiger partial charge in [-0.2, -0.15) is 0 Å². The second kappa shape index (κ2) is 7.66. The lowest BCUT2D eigenvalue weighted by Crippen LogP contribution is -2.18. The van der Waals surface area contributed by atoms with E-state index in [1.54, 1.807) is 13.3 Å². The van der Waals surface area contributed by atoms with Crippen molar-refractivity contribution in [2.75, 3.05) is 12.4 Å². The van der Waals surface area contributed by atoms with Crippen LogP contribution in [0.15, 0.2) is 65.2 Å². The minimum Gasteiger partial charge on any atom is -0.496 e. The molecule has 3 rings (SSSR count). The number of carbonyl (C=O) groups is 1. The average molecular weight is 336 g/mol.